The van der Waals surface area contributed by atoms with Gasteiger partial charge >= 0.3 is 0 Å². The van der Waals surface area contributed by atoms with Crippen molar-refractivity contribution in [3.8, 4) is 0 Å². The number of hydrogen-bond donors (Lipinski definition) is 0. The van der Waals surface area contributed by atoms with Crippen molar-refractivity contribution >= 4 is 23.1 Å². The third kappa shape index (κ3) is 5.09. The van der Waals surface area contributed by atoms with E-state index in [4.69, 9.17) is 18.9 Å². The van der Waals surface area contributed by atoms with Gasteiger partial charge in [0.15, 0.2) is 13.1 Å². The van der Waals surface area contributed by atoms with Crippen LogP contribution in [-0.2, 0) is 18.9 Å². The van der Waals surface area contributed by atoms with Gasteiger partial charge in [0.2, 0.25) is 0 Å². The molecule has 0 aliphatic carbocycles. The summed E-state index contributed by atoms with van der Waals surface area (Å²) in [5.41, 5.74) is 1.26. The minimum Gasteiger partial charge on any atom is -0.376 e. The average Bonchev–Trinajstić information content (AvgIpc) is 2.96. The fourth-order valence-electron chi connectivity index (χ4n) is 2.03. The molecule has 3 unspecified atom stereocenters. The summed E-state index contributed by atoms with van der Waals surface area (Å²) in [6.45, 7) is 7.06. The summed E-state index contributed by atoms with van der Waals surface area (Å²) in [7, 11) is 1.62. The minimum absolute atomic E-state index is 0.0638. The lowest BCUT2D eigenvalue weighted by atomic mass is 10.1. The van der Waals surface area contributed by atoms with E-state index >= 15 is 0 Å². The first-order chi connectivity index (χ1) is 10.2. The van der Waals surface area contributed by atoms with Crippen molar-refractivity contribution in [3.05, 3.63) is 29.7 Å². The van der Waals surface area contributed by atoms with Crippen LogP contribution in [0.25, 0.3) is 0 Å². The Morgan fingerprint density at radius 1 is 1.52 bits per heavy atom. The molecule has 118 valence electrons. The third-order valence-electron chi connectivity index (χ3n) is 3.20. The quantitative estimate of drug-likeness (QED) is 0.391. The smallest absolute Gasteiger partial charge is 0.157 e. The number of fused-ring (bicyclic) bond motifs is 1. The van der Waals surface area contributed by atoms with Crippen LogP contribution in [0.5, 0.6) is 0 Å². The van der Waals surface area contributed by atoms with Crippen LogP contribution < -0.4 is 0 Å². The van der Waals surface area contributed by atoms with Gasteiger partial charge in [-0.25, -0.2) is 0 Å². The van der Waals surface area contributed by atoms with Gasteiger partial charge in [-0.1, -0.05) is 6.08 Å². The molecule has 0 N–H and O–H groups in total. The van der Waals surface area contributed by atoms with E-state index in [9.17, 15) is 0 Å². The molecule has 0 saturated heterocycles. The Morgan fingerprint density at radius 3 is 3.14 bits per heavy atom. The molecule has 2 rings (SSSR count). The average molecular weight is 330 g/mol. The van der Waals surface area contributed by atoms with E-state index in [0.717, 1.165) is 6.42 Å². The number of thiophene rings is 1. The largest absolute Gasteiger partial charge is 0.376 e. The van der Waals surface area contributed by atoms with Gasteiger partial charge in [0.1, 0.15) is 0 Å². The molecule has 0 fully saturated rings. The van der Waals surface area contributed by atoms with E-state index in [1.807, 2.05) is 18.7 Å². The van der Waals surface area contributed by atoms with Crippen LogP contribution in [0.2, 0.25) is 0 Å². The van der Waals surface area contributed by atoms with E-state index in [-0.39, 0.29) is 19.2 Å². The van der Waals surface area contributed by atoms with Crippen molar-refractivity contribution in [2.75, 3.05) is 27.1 Å². The predicted octanol–water partition coefficient (Wildman–Crippen LogP) is 3.84. The Labute approximate surface area is 134 Å². The van der Waals surface area contributed by atoms with Crippen LogP contribution in [-0.4, -0.2) is 38.7 Å². The Bertz CT molecular complexity index is 435. The van der Waals surface area contributed by atoms with E-state index in [1.165, 1.54) is 9.77 Å². The van der Waals surface area contributed by atoms with Crippen LogP contribution >= 0.6 is 23.1 Å². The number of hydrogen-bond acceptors (Lipinski definition) is 6. The predicted molar refractivity (Wildman–Crippen MR) is 85.8 cm³/mol. The highest BCUT2D eigenvalue weighted by Crippen LogP contribution is 2.45. The molecule has 2 heterocycles. The van der Waals surface area contributed by atoms with E-state index in [2.05, 4.69) is 18.0 Å². The first kappa shape index (κ1) is 17.0. The van der Waals surface area contributed by atoms with Gasteiger partial charge in [0.25, 0.3) is 0 Å². The molecular formula is C15H22O4S2. The highest BCUT2D eigenvalue weighted by molar-refractivity contribution is 8.01. The summed E-state index contributed by atoms with van der Waals surface area (Å²) in [5, 5.41) is 2.51. The Kier molecular flexibility index (Phi) is 7.22. The molecule has 1 aromatic rings. The SMILES string of the molecule is C=CCOCC1CC(OCOC(C)OC)c2ccsc2S1. The summed E-state index contributed by atoms with van der Waals surface area (Å²) in [6.07, 6.45) is 2.51. The summed E-state index contributed by atoms with van der Waals surface area (Å²) in [5.74, 6) is 0. The Balaban J connectivity index is 1.88. The summed E-state index contributed by atoms with van der Waals surface area (Å²) >= 11 is 3.63. The number of methoxy groups -OCH3 is 1. The zero-order chi connectivity index (χ0) is 15.1. The second-order valence-electron chi connectivity index (χ2n) is 4.71. The van der Waals surface area contributed by atoms with Crippen LogP contribution in [0.15, 0.2) is 28.3 Å². The minimum atomic E-state index is -0.253. The van der Waals surface area contributed by atoms with Crippen LogP contribution in [0.1, 0.15) is 25.0 Å². The van der Waals surface area contributed by atoms with Gasteiger partial charge in [0.05, 0.1) is 23.5 Å². The maximum Gasteiger partial charge on any atom is 0.157 e. The van der Waals surface area contributed by atoms with Gasteiger partial charge in [0, 0.05) is 17.9 Å². The summed E-state index contributed by atoms with van der Waals surface area (Å²) in [4.78, 5) is 0. The van der Waals surface area contributed by atoms with Crippen molar-refractivity contribution in [2.45, 2.75) is 35.2 Å². The molecule has 0 saturated carbocycles. The van der Waals surface area contributed by atoms with Crippen molar-refractivity contribution in [1.29, 1.82) is 0 Å². The van der Waals surface area contributed by atoms with E-state index < -0.39 is 0 Å². The van der Waals surface area contributed by atoms with Crippen LogP contribution in [0.3, 0.4) is 0 Å². The lowest BCUT2D eigenvalue weighted by molar-refractivity contribution is -0.190. The highest BCUT2D eigenvalue weighted by Gasteiger charge is 2.29. The standard InChI is InChI=1S/C15H22O4S2/c1-4-6-17-9-12-8-14(19-10-18-11(2)16-3)13-5-7-20-15(13)21-12/h4-5,7,11-12,14H,1,6,8-10H2,2-3H3. The lowest BCUT2D eigenvalue weighted by Gasteiger charge is -2.29. The molecule has 1 aliphatic rings. The third-order valence-corrected chi connectivity index (χ3v) is 5.61. The normalized spacial score (nSPS) is 22.8. The molecule has 0 spiro atoms. The number of rotatable bonds is 9. The second-order valence-corrected chi connectivity index (χ2v) is 7.19. The molecule has 1 aromatic heterocycles. The second kappa shape index (κ2) is 8.92. The van der Waals surface area contributed by atoms with Crippen LogP contribution in [0, 0.1) is 0 Å². The Hall–Kier alpha value is -0.370. The van der Waals surface area contributed by atoms with E-state index in [0.29, 0.717) is 18.5 Å². The van der Waals surface area contributed by atoms with Gasteiger partial charge < -0.3 is 18.9 Å². The van der Waals surface area contributed by atoms with Crippen LogP contribution in [0.4, 0.5) is 0 Å². The first-order valence-electron chi connectivity index (χ1n) is 6.93. The van der Waals surface area contributed by atoms with Gasteiger partial charge in [-0.3, -0.25) is 0 Å². The molecule has 4 nitrogen and oxygen atoms in total. The van der Waals surface area contributed by atoms with Crippen molar-refractivity contribution in [2.24, 2.45) is 0 Å². The Morgan fingerprint density at radius 2 is 2.38 bits per heavy atom. The zero-order valence-corrected chi connectivity index (χ0v) is 14.1. The fourth-order valence-corrected chi connectivity index (χ4v) is 4.58. The summed E-state index contributed by atoms with van der Waals surface area (Å²) < 4.78 is 23.3. The molecule has 21 heavy (non-hydrogen) atoms. The van der Waals surface area contributed by atoms with E-state index in [1.54, 1.807) is 24.5 Å². The number of thioether (sulfide) groups is 1. The molecule has 1 aliphatic heterocycles. The highest BCUT2D eigenvalue weighted by atomic mass is 32.2. The summed E-state index contributed by atoms with van der Waals surface area (Å²) in [6, 6.07) is 2.14. The lowest BCUT2D eigenvalue weighted by Crippen LogP contribution is -2.23. The molecule has 0 bridgehead atoms. The molecule has 0 aromatic carbocycles. The zero-order valence-electron chi connectivity index (χ0n) is 12.4. The van der Waals surface area contributed by atoms with Gasteiger partial charge in [-0.15, -0.1) is 29.7 Å². The fraction of sp³-hybridized carbons (Fsp3) is 0.600. The maximum absolute atomic E-state index is 5.89. The molecule has 0 radical (unpaired) electrons. The maximum atomic E-state index is 5.89. The van der Waals surface area contributed by atoms with Crippen molar-refractivity contribution < 1.29 is 18.9 Å². The van der Waals surface area contributed by atoms with Crippen molar-refractivity contribution in [1.82, 2.24) is 0 Å². The molecule has 6 heteroatoms. The molecule has 3 atom stereocenters. The van der Waals surface area contributed by atoms with Gasteiger partial charge in [-0.2, -0.15) is 0 Å². The molecule has 0 amide bonds. The number of ether oxygens (including phenoxy) is 4. The monoisotopic (exact) mass is 330 g/mol. The topological polar surface area (TPSA) is 36.9 Å². The van der Waals surface area contributed by atoms with Gasteiger partial charge in [-0.05, 0) is 24.8 Å². The van der Waals surface area contributed by atoms with Crippen molar-refractivity contribution in [3.63, 3.8) is 0 Å². The first-order valence-corrected chi connectivity index (χ1v) is 8.69. The molecular weight excluding hydrogens is 308 g/mol.